The van der Waals surface area contributed by atoms with Crippen molar-refractivity contribution >= 4 is 29.2 Å². The van der Waals surface area contributed by atoms with Gasteiger partial charge in [-0.05, 0) is 31.5 Å². The van der Waals surface area contributed by atoms with Gasteiger partial charge in [0.2, 0.25) is 0 Å². The second kappa shape index (κ2) is 6.24. The molecule has 1 heterocycles. The normalized spacial score (nSPS) is 10.6. The molecule has 20 heavy (non-hydrogen) atoms. The highest BCUT2D eigenvalue weighted by molar-refractivity contribution is 7.98. The molecule has 2 aromatic rings. The Kier molecular flexibility index (Phi) is 4.62. The Hall–Kier alpha value is -1.59. The van der Waals surface area contributed by atoms with Gasteiger partial charge in [-0.3, -0.25) is 5.41 Å². The molecule has 0 bridgehead atoms. The van der Waals surface area contributed by atoms with Gasteiger partial charge in [-0.2, -0.15) is 0 Å². The third-order valence-corrected chi connectivity index (χ3v) is 3.93. The number of rotatable bonds is 4. The highest BCUT2D eigenvalue weighted by Gasteiger charge is 2.06. The second-order valence-corrected chi connectivity index (χ2v) is 5.79. The van der Waals surface area contributed by atoms with E-state index in [-0.39, 0.29) is 5.84 Å². The molecule has 1 aromatic heterocycles. The monoisotopic (exact) mass is 306 g/mol. The predicted octanol–water partition coefficient (Wildman–Crippen LogP) is 3.32. The summed E-state index contributed by atoms with van der Waals surface area (Å²) < 4.78 is 0. The number of nitrogen functional groups attached to an aromatic ring is 1. The first-order valence-corrected chi connectivity index (χ1v) is 7.40. The number of thioether (sulfide) groups is 1. The van der Waals surface area contributed by atoms with Crippen LogP contribution in [0.4, 0.5) is 0 Å². The van der Waals surface area contributed by atoms with Crippen molar-refractivity contribution in [1.82, 2.24) is 9.97 Å². The lowest BCUT2D eigenvalue weighted by molar-refractivity contribution is 0.902. The van der Waals surface area contributed by atoms with Gasteiger partial charge in [0, 0.05) is 27.7 Å². The lowest BCUT2D eigenvalue weighted by Crippen LogP contribution is -2.10. The molecule has 0 spiro atoms. The van der Waals surface area contributed by atoms with Crippen LogP contribution in [0.25, 0.3) is 0 Å². The van der Waals surface area contributed by atoms with E-state index in [9.17, 15) is 0 Å². The molecular weight excluding hydrogens is 292 g/mol. The quantitative estimate of drug-likeness (QED) is 0.393. The summed E-state index contributed by atoms with van der Waals surface area (Å²) in [5.74, 6) is 0.698. The van der Waals surface area contributed by atoms with E-state index < -0.39 is 0 Å². The van der Waals surface area contributed by atoms with Crippen molar-refractivity contribution in [2.24, 2.45) is 5.73 Å². The smallest absolute Gasteiger partial charge is 0.188 e. The van der Waals surface area contributed by atoms with Crippen LogP contribution in [-0.4, -0.2) is 15.8 Å². The van der Waals surface area contributed by atoms with Gasteiger partial charge in [0.1, 0.15) is 5.84 Å². The van der Waals surface area contributed by atoms with E-state index in [1.54, 1.807) is 12.1 Å². The fourth-order valence-corrected chi connectivity index (χ4v) is 3.01. The highest BCUT2D eigenvalue weighted by Crippen LogP contribution is 2.25. The van der Waals surface area contributed by atoms with E-state index in [0.29, 0.717) is 16.3 Å². The van der Waals surface area contributed by atoms with Crippen molar-refractivity contribution in [2.75, 3.05) is 0 Å². The lowest BCUT2D eigenvalue weighted by Gasteiger charge is -2.06. The van der Waals surface area contributed by atoms with E-state index in [1.165, 1.54) is 11.8 Å². The molecule has 104 valence electrons. The Morgan fingerprint density at radius 2 is 1.90 bits per heavy atom. The number of benzene rings is 1. The highest BCUT2D eigenvalue weighted by atomic mass is 35.5. The number of aryl methyl sites for hydroxylation is 2. The van der Waals surface area contributed by atoms with E-state index in [2.05, 4.69) is 9.97 Å². The van der Waals surface area contributed by atoms with Crippen molar-refractivity contribution in [3.63, 3.8) is 0 Å². The summed E-state index contributed by atoms with van der Waals surface area (Å²) in [6.45, 7) is 3.90. The first-order chi connectivity index (χ1) is 9.45. The van der Waals surface area contributed by atoms with Crippen LogP contribution in [0.15, 0.2) is 29.4 Å². The average molecular weight is 307 g/mol. The molecule has 0 atom stereocenters. The fourth-order valence-electron chi connectivity index (χ4n) is 1.73. The SMILES string of the molecule is Cc1cc(C)nc(SCc2ccc(C(=N)N)cc2Cl)n1. The Balaban J connectivity index is 2.12. The average Bonchev–Trinajstić information content (AvgIpc) is 2.36. The maximum absolute atomic E-state index is 7.38. The summed E-state index contributed by atoms with van der Waals surface area (Å²) in [4.78, 5) is 8.76. The Morgan fingerprint density at radius 1 is 1.25 bits per heavy atom. The molecule has 0 fully saturated rings. The minimum absolute atomic E-state index is 0.0174. The van der Waals surface area contributed by atoms with Crippen molar-refractivity contribution in [2.45, 2.75) is 24.8 Å². The van der Waals surface area contributed by atoms with Crippen LogP contribution in [0.5, 0.6) is 0 Å². The van der Waals surface area contributed by atoms with Gasteiger partial charge >= 0.3 is 0 Å². The first-order valence-electron chi connectivity index (χ1n) is 6.03. The third-order valence-electron chi connectivity index (χ3n) is 2.68. The van der Waals surface area contributed by atoms with Gasteiger partial charge in [0.15, 0.2) is 5.16 Å². The first kappa shape index (κ1) is 14.8. The maximum Gasteiger partial charge on any atom is 0.188 e. The van der Waals surface area contributed by atoms with Gasteiger partial charge in [-0.25, -0.2) is 9.97 Å². The number of halogens is 1. The topological polar surface area (TPSA) is 75.7 Å². The van der Waals surface area contributed by atoms with Gasteiger partial charge in [0.05, 0.1) is 0 Å². The minimum Gasteiger partial charge on any atom is -0.384 e. The zero-order valence-electron chi connectivity index (χ0n) is 11.3. The zero-order valence-corrected chi connectivity index (χ0v) is 12.8. The molecule has 2 rings (SSSR count). The van der Waals surface area contributed by atoms with Gasteiger partial charge in [-0.1, -0.05) is 35.5 Å². The second-order valence-electron chi connectivity index (χ2n) is 4.44. The van der Waals surface area contributed by atoms with Crippen molar-refractivity contribution < 1.29 is 0 Å². The minimum atomic E-state index is 0.0174. The summed E-state index contributed by atoms with van der Waals surface area (Å²) in [6.07, 6.45) is 0. The Bertz CT molecular complexity index is 637. The van der Waals surface area contributed by atoms with Gasteiger partial charge < -0.3 is 5.73 Å². The Labute approximate surface area is 127 Å². The molecule has 0 unspecified atom stereocenters. The summed E-state index contributed by atoms with van der Waals surface area (Å²) in [5.41, 5.74) is 8.95. The van der Waals surface area contributed by atoms with Crippen LogP contribution >= 0.6 is 23.4 Å². The van der Waals surface area contributed by atoms with Crippen LogP contribution < -0.4 is 5.73 Å². The molecule has 4 nitrogen and oxygen atoms in total. The van der Waals surface area contributed by atoms with E-state index in [1.807, 2.05) is 26.0 Å². The van der Waals surface area contributed by atoms with E-state index in [4.69, 9.17) is 22.7 Å². The summed E-state index contributed by atoms with van der Waals surface area (Å²) in [5, 5.41) is 8.73. The Morgan fingerprint density at radius 3 is 2.45 bits per heavy atom. The predicted molar refractivity (Wildman–Crippen MR) is 83.5 cm³/mol. The van der Waals surface area contributed by atoms with Crippen molar-refractivity contribution in [3.8, 4) is 0 Å². The third kappa shape index (κ3) is 3.71. The number of nitrogens with one attached hydrogen (secondary N) is 1. The molecule has 0 saturated carbocycles. The molecule has 0 radical (unpaired) electrons. The lowest BCUT2D eigenvalue weighted by atomic mass is 10.1. The molecule has 0 aliphatic rings. The van der Waals surface area contributed by atoms with E-state index in [0.717, 1.165) is 22.1 Å². The van der Waals surface area contributed by atoms with Crippen molar-refractivity contribution in [1.29, 1.82) is 5.41 Å². The molecule has 6 heteroatoms. The number of aromatic nitrogens is 2. The molecule has 1 aromatic carbocycles. The van der Waals surface area contributed by atoms with E-state index >= 15 is 0 Å². The van der Waals surface area contributed by atoms with Crippen LogP contribution in [0, 0.1) is 19.3 Å². The molecule has 0 aliphatic carbocycles. The molecule has 3 N–H and O–H groups in total. The van der Waals surface area contributed by atoms with Crippen LogP contribution in [0.3, 0.4) is 0 Å². The standard InChI is InChI=1S/C14H15ClN4S/c1-8-5-9(2)19-14(18-8)20-7-11-4-3-10(13(16)17)6-12(11)15/h3-6H,7H2,1-2H3,(H3,16,17). The summed E-state index contributed by atoms with van der Waals surface area (Å²) in [7, 11) is 0. The zero-order chi connectivity index (χ0) is 14.7. The molecule has 0 saturated heterocycles. The maximum atomic E-state index is 7.38. The number of hydrogen-bond donors (Lipinski definition) is 2. The fraction of sp³-hybridized carbons (Fsp3) is 0.214. The van der Waals surface area contributed by atoms with Crippen LogP contribution in [-0.2, 0) is 5.75 Å². The van der Waals surface area contributed by atoms with Crippen LogP contribution in [0.2, 0.25) is 5.02 Å². The number of nitrogens with two attached hydrogens (primary N) is 1. The number of nitrogens with zero attached hydrogens (tertiary/aromatic N) is 2. The summed E-state index contributed by atoms with van der Waals surface area (Å²) in [6, 6.07) is 7.34. The number of hydrogen-bond acceptors (Lipinski definition) is 4. The summed E-state index contributed by atoms with van der Waals surface area (Å²) >= 11 is 7.73. The largest absolute Gasteiger partial charge is 0.384 e. The number of amidine groups is 1. The molecular formula is C14H15ClN4S. The van der Waals surface area contributed by atoms with Gasteiger partial charge in [-0.15, -0.1) is 0 Å². The van der Waals surface area contributed by atoms with Crippen molar-refractivity contribution in [3.05, 3.63) is 51.8 Å². The molecule has 0 aliphatic heterocycles. The molecule has 0 amide bonds. The van der Waals surface area contributed by atoms with Gasteiger partial charge in [0.25, 0.3) is 0 Å². The van der Waals surface area contributed by atoms with Crippen LogP contribution in [0.1, 0.15) is 22.5 Å².